The van der Waals surface area contributed by atoms with E-state index in [1.807, 2.05) is 11.0 Å². The minimum Gasteiger partial charge on any atom is -0.369 e. The predicted molar refractivity (Wildman–Crippen MR) is 93.9 cm³/mol. The van der Waals surface area contributed by atoms with E-state index in [1.54, 1.807) is 6.20 Å². The molecule has 25 heavy (non-hydrogen) atoms. The zero-order chi connectivity index (χ0) is 17.6. The summed E-state index contributed by atoms with van der Waals surface area (Å²) in [6, 6.07) is 2.02. The van der Waals surface area contributed by atoms with Crippen molar-refractivity contribution in [3.63, 3.8) is 0 Å². The van der Waals surface area contributed by atoms with Crippen LogP contribution < -0.4 is 11.1 Å². The normalized spacial score (nSPS) is 22.7. The molecule has 3 rings (SSSR count). The number of aromatic nitrogens is 2. The van der Waals surface area contributed by atoms with Crippen molar-refractivity contribution in [1.82, 2.24) is 25.3 Å². The largest absolute Gasteiger partial charge is 0.369 e. The van der Waals surface area contributed by atoms with Gasteiger partial charge in [0, 0.05) is 50.5 Å². The van der Waals surface area contributed by atoms with E-state index >= 15 is 0 Å². The topological polar surface area (TPSA) is 107 Å². The highest BCUT2D eigenvalue weighted by molar-refractivity contribution is 5.77. The molecule has 4 N–H and O–H groups in total. The van der Waals surface area contributed by atoms with Crippen LogP contribution in [0.5, 0.6) is 0 Å². The van der Waals surface area contributed by atoms with Crippen molar-refractivity contribution in [1.29, 1.82) is 0 Å². The highest BCUT2D eigenvalue weighted by atomic mass is 16.2. The second-order valence-electron chi connectivity index (χ2n) is 7.05. The molecule has 2 aliphatic rings. The molecule has 1 aromatic heterocycles. The van der Waals surface area contributed by atoms with Gasteiger partial charge in [-0.05, 0) is 38.3 Å². The maximum atomic E-state index is 12.3. The molecule has 2 saturated heterocycles. The lowest BCUT2D eigenvalue weighted by Gasteiger charge is -2.33. The van der Waals surface area contributed by atoms with Crippen LogP contribution in [0.15, 0.2) is 12.3 Å². The lowest BCUT2D eigenvalue weighted by atomic mass is 9.94. The number of rotatable bonds is 5. The molecule has 1 atom stereocenters. The van der Waals surface area contributed by atoms with Crippen LogP contribution in [0.25, 0.3) is 0 Å². The summed E-state index contributed by atoms with van der Waals surface area (Å²) in [4.78, 5) is 27.7. The van der Waals surface area contributed by atoms with E-state index in [0.29, 0.717) is 19.0 Å². The third kappa shape index (κ3) is 4.72. The fourth-order valence-electron chi connectivity index (χ4n) is 3.81. The Morgan fingerprint density at radius 3 is 2.76 bits per heavy atom. The van der Waals surface area contributed by atoms with Gasteiger partial charge in [0.25, 0.3) is 0 Å². The van der Waals surface area contributed by atoms with Crippen LogP contribution in [0.3, 0.4) is 0 Å². The third-order valence-corrected chi connectivity index (χ3v) is 5.36. The number of carbonyl (C=O) groups excluding carboxylic acids is 2. The van der Waals surface area contributed by atoms with Crippen LogP contribution in [0, 0.1) is 5.92 Å². The lowest BCUT2D eigenvalue weighted by molar-refractivity contribution is -0.123. The Balaban J connectivity index is 1.35. The molecule has 1 aromatic rings. The van der Waals surface area contributed by atoms with Crippen molar-refractivity contribution in [2.75, 3.05) is 39.3 Å². The van der Waals surface area contributed by atoms with Gasteiger partial charge in [-0.15, -0.1) is 0 Å². The molecule has 0 radical (unpaired) electrons. The second kappa shape index (κ2) is 8.33. The van der Waals surface area contributed by atoms with Crippen LogP contribution in [0.1, 0.15) is 37.3 Å². The van der Waals surface area contributed by atoms with Crippen molar-refractivity contribution >= 4 is 11.9 Å². The van der Waals surface area contributed by atoms with E-state index < -0.39 is 0 Å². The van der Waals surface area contributed by atoms with Gasteiger partial charge in [-0.25, -0.2) is 4.79 Å². The summed E-state index contributed by atoms with van der Waals surface area (Å²) >= 11 is 0. The third-order valence-electron chi connectivity index (χ3n) is 5.36. The highest BCUT2D eigenvalue weighted by Crippen LogP contribution is 2.26. The Morgan fingerprint density at radius 2 is 2.08 bits per heavy atom. The van der Waals surface area contributed by atoms with Crippen molar-refractivity contribution in [3.8, 4) is 0 Å². The number of hydrogen-bond donors (Lipinski definition) is 3. The molecular weight excluding hydrogens is 320 g/mol. The molecule has 0 aromatic carbocycles. The number of primary amides is 1. The number of urea groups is 1. The lowest BCUT2D eigenvalue weighted by Crippen LogP contribution is -2.48. The summed E-state index contributed by atoms with van der Waals surface area (Å²) in [5.41, 5.74) is 6.56. The van der Waals surface area contributed by atoms with Crippen molar-refractivity contribution < 1.29 is 9.59 Å². The monoisotopic (exact) mass is 348 g/mol. The quantitative estimate of drug-likeness (QED) is 0.720. The minimum atomic E-state index is -0.214. The molecule has 138 valence electrons. The first-order valence-electron chi connectivity index (χ1n) is 9.17. The fraction of sp³-hybridized carbons (Fsp3) is 0.706. The smallest absolute Gasteiger partial charge is 0.317 e. The van der Waals surface area contributed by atoms with Gasteiger partial charge in [0.05, 0.1) is 5.92 Å². The molecular formula is C17H28N6O2. The van der Waals surface area contributed by atoms with Gasteiger partial charge in [-0.3, -0.25) is 9.89 Å². The molecule has 0 spiro atoms. The van der Waals surface area contributed by atoms with E-state index in [-0.39, 0.29) is 17.9 Å². The Bertz CT molecular complexity index is 568. The first-order chi connectivity index (χ1) is 12.1. The molecule has 1 unspecified atom stereocenters. The number of nitrogens with zero attached hydrogens (tertiary/aromatic N) is 3. The van der Waals surface area contributed by atoms with Crippen molar-refractivity contribution in [2.45, 2.75) is 31.6 Å². The van der Waals surface area contributed by atoms with Crippen LogP contribution in [-0.4, -0.2) is 71.2 Å². The predicted octanol–water partition coefficient (Wildman–Crippen LogP) is 0.496. The molecule has 2 fully saturated rings. The number of nitrogens with two attached hydrogens (primary N) is 1. The molecule has 8 heteroatoms. The number of carbonyl (C=O) groups is 2. The number of nitrogens with one attached hydrogen (secondary N) is 2. The Hall–Kier alpha value is -2.09. The van der Waals surface area contributed by atoms with Gasteiger partial charge in [0.15, 0.2) is 0 Å². The number of amides is 3. The van der Waals surface area contributed by atoms with E-state index in [2.05, 4.69) is 20.4 Å². The first-order valence-corrected chi connectivity index (χ1v) is 9.17. The molecule has 8 nitrogen and oxygen atoms in total. The summed E-state index contributed by atoms with van der Waals surface area (Å²) < 4.78 is 0. The molecule has 2 aliphatic heterocycles. The van der Waals surface area contributed by atoms with Gasteiger partial charge in [0.1, 0.15) is 0 Å². The summed E-state index contributed by atoms with van der Waals surface area (Å²) in [6.07, 6.45) is 5.56. The number of piperidine rings is 2. The number of H-pyrrole nitrogens is 1. The van der Waals surface area contributed by atoms with E-state index in [9.17, 15) is 9.59 Å². The molecule has 0 bridgehead atoms. The van der Waals surface area contributed by atoms with Crippen LogP contribution in [0.2, 0.25) is 0 Å². The molecule has 0 aliphatic carbocycles. The van der Waals surface area contributed by atoms with Crippen LogP contribution >= 0.6 is 0 Å². The SMILES string of the molecule is NC(=O)C1CCCN(CCNC(=O)N2CCC(c3ccn[nH]3)CC2)C1. The van der Waals surface area contributed by atoms with E-state index in [1.165, 1.54) is 0 Å². The minimum absolute atomic E-state index is 0.00604. The average Bonchev–Trinajstić information content (AvgIpc) is 3.17. The Labute approximate surface area is 148 Å². The van der Waals surface area contributed by atoms with Crippen molar-refractivity contribution in [3.05, 3.63) is 18.0 Å². The fourth-order valence-corrected chi connectivity index (χ4v) is 3.81. The second-order valence-corrected chi connectivity index (χ2v) is 7.05. The van der Waals surface area contributed by atoms with Gasteiger partial charge < -0.3 is 20.9 Å². The van der Waals surface area contributed by atoms with Gasteiger partial charge in [0.2, 0.25) is 5.91 Å². The zero-order valence-electron chi connectivity index (χ0n) is 14.6. The summed E-state index contributed by atoms with van der Waals surface area (Å²) in [5.74, 6) is 0.200. The van der Waals surface area contributed by atoms with Crippen LogP contribution in [0.4, 0.5) is 4.79 Å². The Morgan fingerprint density at radius 1 is 1.28 bits per heavy atom. The molecule has 0 saturated carbocycles. The van der Waals surface area contributed by atoms with Gasteiger partial charge in [-0.2, -0.15) is 5.10 Å². The maximum Gasteiger partial charge on any atom is 0.317 e. The molecule has 3 amide bonds. The maximum absolute atomic E-state index is 12.3. The van der Waals surface area contributed by atoms with E-state index in [4.69, 9.17) is 5.73 Å². The molecule has 3 heterocycles. The average molecular weight is 348 g/mol. The number of hydrogen-bond acceptors (Lipinski definition) is 4. The van der Waals surface area contributed by atoms with E-state index in [0.717, 1.165) is 57.6 Å². The number of likely N-dealkylation sites (tertiary alicyclic amines) is 2. The Kier molecular flexibility index (Phi) is 5.91. The van der Waals surface area contributed by atoms with Crippen LogP contribution in [-0.2, 0) is 4.79 Å². The zero-order valence-corrected chi connectivity index (χ0v) is 14.6. The first kappa shape index (κ1) is 17.7. The summed E-state index contributed by atoms with van der Waals surface area (Å²) in [6.45, 7) is 4.58. The highest BCUT2D eigenvalue weighted by Gasteiger charge is 2.25. The van der Waals surface area contributed by atoms with Gasteiger partial charge in [-0.1, -0.05) is 0 Å². The van der Waals surface area contributed by atoms with Crippen molar-refractivity contribution in [2.24, 2.45) is 11.7 Å². The van der Waals surface area contributed by atoms with Gasteiger partial charge >= 0.3 is 6.03 Å². The standard InChI is InChI=1S/C17H28N6O2/c18-16(24)14-2-1-8-22(12-14)11-7-19-17(25)23-9-4-13(5-10-23)15-3-6-20-21-15/h3,6,13-14H,1-2,4-5,7-12H2,(H2,18,24)(H,19,25)(H,20,21). The summed E-state index contributed by atoms with van der Waals surface area (Å²) in [5, 5.41) is 10.0. The summed E-state index contributed by atoms with van der Waals surface area (Å²) in [7, 11) is 0. The number of aromatic amines is 1.